The lowest BCUT2D eigenvalue weighted by Gasteiger charge is -2.38. The first kappa shape index (κ1) is 11.9. The molecular formula is C12H12F2N4O. The Bertz CT molecular complexity index is 672. The molecule has 3 rings (SSSR count). The number of halogens is 2. The molecule has 19 heavy (non-hydrogen) atoms. The highest BCUT2D eigenvalue weighted by atomic mass is 19.3. The third-order valence-corrected chi connectivity index (χ3v) is 3.21. The minimum atomic E-state index is -2.78. The van der Waals surface area contributed by atoms with Crippen LogP contribution in [0.15, 0.2) is 18.2 Å². The Kier molecular flexibility index (Phi) is 2.29. The number of benzene rings is 1. The van der Waals surface area contributed by atoms with Crippen molar-refractivity contribution in [1.82, 2.24) is 14.7 Å². The zero-order valence-electron chi connectivity index (χ0n) is 10.2. The molecule has 0 bridgehead atoms. The molecule has 0 radical (unpaired) electrons. The Balaban J connectivity index is 2.01. The minimum absolute atomic E-state index is 0.167. The number of fused-ring (bicyclic) bond motifs is 1. The molecule has 1 aliphatic heterocycles. The monoisotopic (exact) mass is 266 g/mol. The second-order valence-electron chi connectivity index (χ2n) is 4.77. The molecule has 1 amide bonds. The molecule has 1 aliphatic rings. The summed E-state index contributed by atoms with van der Waals surface area (Å²) in [7, 11) is 1.69. The highest BCUT2D eigenvalue weighted by Crippen LogP contribution is 2.29. The number of aromatic nitrogens is 2. The van der Waals surface area contributed by atoms with E-state index in [2.05, 4.69) is 5.10 Å². The van der Waals surface area contributed by atoms with Crippen molar-refractivity contribution in [2.75, 3.05) is 18.8 Å². The van der Waals surface area contributed by atoms with Crippen molar-refractivity contribution in [3.8, 4) is 0 Å². The number of nitrogens with two attached hydrogens (primary N) is 1. The summed E-state index contributed by atoms with van der Waals surface area (Å²) < 4.78 is 27.2. The van der Waals surface area contributed by atoms with E-state index in [0.29, 0.717) is 11.1 Å². The van der Waals surface area contributed by atoms with Gasteiger partial charge < -0.3 is 10.6 Å². The summed E-state index contributed by atoms with van der Waals surface area (Å²) in [6.45, 7) is -1.10. The van der Waals surface area contributed by atoms with E-state index < -0.39 is 24.9 Å². The molecule has 0 spiro atoms. The molecule has 5 nitrogen and oxygen atoms in total. The Morgan fingerprint density at radius 2 is 2.11 bits per heavy atom. The Labute approximate surface area is 107 Å². The van der Waals surface area contributed by atoms with Crippen LogP contribution in [-0.4, -0.2) is 39.6 Å². The molecule has 2 heterocycles. The minimum Gasteiger partial charge on any atom is -0.399 e. The number of carbonyl (C=O) groups is 1. The van der Waals surface area contributed by atoms with Gasteiger partial charge in [0.25, 0.3) is 11.8 Å². The molecule has 0 unspecified atom stereocenters. The summed E-state index contributed by atoms with van der Waals surface area (Å²) in [4.78, 5) is 13.2. The average Bonchev–Trinajstić information content (AvgIpc) is 2.62. The lowest BCUT2D eigenvalue weighted by atomic mass is 10.1. The van der Waals surface area contributed by atoms with Gasteiger partial charge in [0, 0.05) is 18.1 Å². The standard InChI is InChI=1S/C12H12F2N4O/c1-17-9-3-2-7(15)4-8(9)10(16-17)11(19)18-5-12(13,14)6-18/h2-4H,5-6,15H2,1H3. The second kappa shape index (κ2) is 3.66. The number of likely N-dealkylation sites (tertiary alicyclic amines) is 1. The van der Waals surface area contributed by atoms with Crippen molar-refractivity contribution in [3.05, 3.63) is 23.9 Å². The number of nitrogen functional groups attached to an aromatic ring is 1. The van der Waals surface area contributed by atoms with Crippen molar-refractivity contribution >= 4 is 22.5 Å². The van der Waals surface area contributed by atoms with Crippen molar-refractivity contribution in [1.29, 1.82) is 0 Å². The number of hydrogen-bond donors (Lipinski definition) is 1. The van der Waals surface area contributed by atoms with Gasteiger partial charge >= 0.3 is 0 Å². The number of alkyl halides is 2. The highest BCUT2D eigenvalue weighted by Gasteiger charge is 2.47. The van der Waals surface area contributed by atoms with E-state index in [1.807, 2.05) is 0 Å². The molecule has 7 heteroatoms. The highest BCUT2D eigenvalue weighted by molar-refractivity contribution is 6.05. The van der Waals surface area contributed by atoms with Gasteiger partial charge in [-0.15, -0.1) is 0 Å². The molecule has 0 aliphatic carbocycles. The van der Waals surface area contributed by atoms with Crippen LogP contribution < -0.4 is 5.73 Å². The largest absolute Gasteiger partial charge is 0.399 e. The maximum Gasteiger partial charge on any atom is 0.282 e. The van der Waals surface area contributed by atoms with Gasteiger partial charge in [-0.2, -0.15) is 5.10 Å². The van der Waals surface area contributed by atoms with Crippen LogP contribution in [0.5, 0.6) is 0 Å². The molecule has 0 saturated carbocycles. The van der Waals surface area contributed by atoms with Crippen molar-refractivity contribution in [2.45, 2.75) is 5.92 Å². The second-order valence-corrected chi connectivity index (χ2v) is 4.77. The fourth-order valence-electron chi connectivity index (χ4n) is 2.25. The van der Waals surface area contributed by atoms with Gasteiger partial charge in [0.05, 0.1) is 18.6 Å². The predicted octanol–water partition coefficient (Wildman–Crippen LogP) is 1.25. The number of hydrogen-bond acceptors (Lipinski definition) is 3. The van der Waals surface area contributed by atoms with Crippen molar-refractivity contribution < 1.29 is 13.6 Å². The zero-order valence-corrected chi connectivity index (χ0v) is 10.2. The smallest absolute Gasteiger partial charge is 0.282 e. The third kappa shape index (κ3) is 1.81. The third-order valence-electron chi connectivity index (χ3n) is 3.21. The van der Waals surface area contributed by atoms with Crippen LogP contribution in [0.2, 0.25) is 0 Å². The number of anilines is 1. The molecule has 2 N–H and O–H groups in total. The van der Waals surface area contributed by atoms with Gasteiger partial charge in [-0.25, -0.2) is 8.78 Å². The molecule has 0 atom stereocenters. The summed E-state index contributed by atoms with van der Waals surface area (Å²) in [5.41, 5.74) is 7.10. The molecule has 100 valence electrons. The quantitative estimate of drug-likeness (QED) is 0.790. The maximum absolute atomic E-state index is 12.8. The first-order chi connectivity index (χ1) is 8.87. The van der Waals surface area contributed by atoms with Crippen LogP contribution in [0, 0.1) is 0 Å². The SMILES string of the molecule is Cn1nc(C(=O)N2CC(F)(F)C2)c2cc(N)ccc21. The van der Waals surface area contributed by atoms with Gasteiger partial charge in [-0.05, 0) is 18.2 Å². The van der Waals surface area contributed by atoms with Gasteiger partial charge in [0.15, 0.2) is 5.69 Å². The fourth-order valence-corrected chi connectivity index (χ4v) is 2.25. The molecule has 1 saturated heterocycles. The van der Waals surface area contributed by atoms with E-state index in [1.165, 1.54) is 0 Å². The van der Waals surface area contributed by atoms with Crippen molar-refractivity contribution in [2.24, 2.45) is 7.05 Å². The lowest BCUT2D eigenvalue weighted by Crippen LogP contribution is -2.58. The first-order valence-electron chi connectivity index (χ1n) is 5.77. The zero-order chi connectivity index (χ0) is 13.8. The molecular weight excluding hydrogens is 254 g/mol. The normalized spacial score (nSPS) is 17.5. The molecule has 1 aromatic heterocycles. The van der Waals surface area contributed by atoms with Crippen LogP contribution in [-0.2, 0) is 7.05 Å². The van der Waals surface area contributed by atoms with E-state index in [0.717, 1.165) is 10.4 Å². The fraction of sp³-hybridized carbons (Fsp3) is 0.333. The van der Waals surface area contributed by atoms with E-state index in [9.17, 15) is 13.6 Å². The summed E-state index contributed by atoms with van der Waals surface area (Å²) >= 11 is 0. The number of rotatable bonds is 1. The van der Waals surface area contributed by atoms with Crippen LogP contribution in [0.1, 0.15) is 10.5 Å². The van der Waals surface area contributed by atoms with E-state index >= 15 is 0 Å². The summed E-state index contributed by atoms with van der Waals surface area (Å²) in [5, 5.41) is 4.69. The van der Waals surface area contributed by atoms with Crippen LogP contribution in [0.4, 0.5) is 14.5 Å². The number of aryl methyl sites for hydroxylation is 1. The van der Waals surface area contributed by atoms with Crippen LogP contribution >= 0.6 is 0 Å². The van der Waals surface area contributed by atoms with E-state index in [-0.39, 0.29) is 5.69 Å². The number of carbonyl (C=O) groups excluding carboxylic acids is 1. The molecule has 2 aromatic rings. The predicted molar refractivity (Wildman–Crippen MR) is 66.0 cm³/mol. The van der Waals surface area contributed by atoms with Crippen LogP contribution in [0.3, 0.4) is 0 Å². The van der Waals surface area contributed by atoms with Gasteiger partial charge in [0.2, 0.25) is 0 Å². The first-order valence-corrected chi connectivity index (χ1v) is 5.77. The number of amides is 1. The summed E-state index contributed by atoms with van der Waals surface area (Å²) in [5.74, 6) is -3.26. The van der Waals surface area contributed by atoms with E-state index in [4.69, 9.17) is 5.73 Å². The van der Waals surface area contributed by atoms with Crippen molar-refractivity contribution in [3.63, 3.8) is 0 Å². The number of nitrogens with zero attached hydrogens (tertiary/aromatic N) is 3. The molecule has 1 fully saturated rings. The van der Waals surface area contributed by atoms with E-state index in [1.54, 1.807) is 29.9 Å². The topological polar surface area (TPSA) is 64.2 Å². The maximum atomic E-state index is 12.8. The Hall–Kier alpha value is -2.18. The summed E-state index contributed by atoms with van der Waals surface area (Å²) in [6, 6.07) is 5.09. The van der Waals surface area contributed by atoms with Crippen LogP contribution in [0.25, 0.3) is 10.9 Å². The molecule has 1 aromatic carbocycles. The Morgan fingerprint density at radius 1 is 1.42 bits per heavy atom. The summed E-state index contributed by atoms with van der Waals surface area (Å²) in [6.07, 6.45) is 0. The van der Waals surface area contributed by atoms with Gasteiger partial charge in [-0.1, -0.05) is 0 Å². The Morgan fingerprint density at radius 3 is 2.74 bits per heavy atom. The average molecular weight is 266 g/mol. The lowest BCUT2D eigenvalue weighted by molar-refractivity contribution is -0.113. The van der Waals surface area contributed by atoms with Gasteiger partial charge in [0.1, 0.15) is 0 Å². The van der Waals surface area contributed by atoms with Gasteiger partial charge in [-0.3, -0.25) is 9.48 Å².